The zero-order chi connectivity index (χ0) is 12.7. The lowest BCUT2D eigenvalue weighted by Gasteiger charge is -2.26. The predicted molar refractivity (Wildman–Crippen MR) is 61.9 cm³/mol. The molecule has 0 atom stereocenters. The van der Waals surface area contributed by atoms with Gasteiger partial charge in [0.1, 0.15) is 0 Å². The molecular weight excluding hydrogens is 224 g/mol. The zero-order valence-electron chi connectivity index (χ0n) is 10.1. The van der Waals surface area contributed by atoms with E-state index in [4.69, 9.17) is 9.84 Å². The Morgan fingerprint density at radius 3 is 2.65 bits per heavy atom. The van der Waals surface area contributed by atoms with Crippen LogP contribution in [0.5, 0.6) is 0 Å². The van der Waals surface area contributed by atoms with Crippen LogP contribution in [-0.2, 0) is 9.53 Å². The van der Waals surface area contributed by atoms with Crippen LogP contribution >= 0.6 is 0 Å². The predicted octanol–water partition coefficient (Wildman–Crippen LogP) is 0.672. The Morgan fingerprint density at radius 2 is 2.06 bits per heavy atom. The Kier molecular flexibility index (Phi) is 5.76. The molecule has 0 aromatic carbocycles. The number of nitrogens with zero attached hydrogens (tertiary/aromatic N) is 1. The Bertz CT molecular complexity index is 264. The average molecular weight is 244 g/mol. The summed E-state index contributed by atoms with van der Waals surface area (Å²) in [7, 11) is 1.68. The first-order valence-corrected chi connectivity index (χ1v) is 5.90. The summed E-state index contributed by atoms with van der Waals surface area (Å²) in [6.45, 7) is 1.84. The fourth-order valence-corrected chi connectivity index (χ4v) is 1.70. The molecular formula is C11H20N2O4. The van der Waals surface area contributed by atoms with Gasteiger partial charge in [0.05, 0.1) is 0 Å². The molecule has 1 aliphatic rings. The summed E-state index contributed by atoms with van der Waals surface area (Å²) in [4.78, 5) is 23.6. The number of amides is 2. The molecule has 2 amide bonds. The van der Waals surface area contributed by atoms with Gasteiger partial charge in [-0.05, 0) is 19.3 Å². The highest BCUT2D eigenvalue weighted by atomic mass is 16.5. The third-order valence-electron chi connectivity index (χ3n) is 2.78. The van der Waals surface area contributed by atoms with Crippen LogP contribution in [0.2, 0.25) is 0 Å². The molecule has 0 aromatic rings. The molecule has 1 saturated heterocycles. The number of aliphatic carboxylic acids is 1. The highest BCUT2D eigenvalue weighted by Gasteiger charge is 2.17. The van der Waals surface area contributed by atoms with Gasteiger partial charge in [0, 0.05) is 39.3 Å². The van der Waals surface area contributed by atoms with Crippen LogP contribution in [0.15, 0.2) is 0 Å². The molecule has 0 radical (unpaired) electrons. The van der Waals surface area contributed by atoms with Crippen molar-refractivity contribution in [3.05, 3.63) is 0 Å². The molecule has 0 bridgehead atoms. The van der Waals surface area contributed by atoms with Gasteiger partial charge in [-0.25, -0.2) is 4.79 Å². The smallest absolute Gasteiger partial charge is 0.317 e. The first kappa shape index (κ1) is 13.8. The molecule has 98 valence electrons. The van der Waals surface area contributed by atoms with Gasteiger partial charge >= 0.3 is 12.0 Å². The molecule has 0 spiro atoms. The summed E-state index contributed by atoms with van der Waals surface area (Å²) in [6.07, 6.45) is 2.26. The minimum Gasteiger partial charge on any atom is -0.481 e. The van der Waals surface area contributed by atoms with Crippen LogP contribution in [-0.4, -0.2) is 54.9 Å². The van der Waals surface area contributed by atoms with Gasteiger partial charge in [0.2, 0.25) is 0 Å². The highest BCUT2D eigenvalue weighted by Crippen LogP contribution is 2.06. The molecule has 1 fully saturated rings. The van der Waals surface area contributed by atoms with E-state index in [0.717, 1.165) is 12.8 Å². The Labute approximate surface area is 101 Å². The highest BCUT2D eigenvalue weighted by molar-refractivity contribution is 5.74. The van der Waals surface area contributed by atoms with Crippen LogP contribution < -0.4 is 5.32 Å². The van der Waals surface area contributed by atoms with Crippen LogP contribution in [0.1, 0.15) is 25.7 Å². The summed E-state index contributed by atoms with van der Waals surface area (Å²) in [5.74, 6) is -0.830. The lowest BCUT2D eigenvalue weighted by atomic mass is 10.1. The Hall–Kier alpha value is -1.30. The number of carbonyl (C=O) groups excluding carboxylic acids is 1. The van der Waals surface area contributed by atoms with E-state index in [9.17, 15) is 9.59 Å². The standard InChI is InChI=1S/C11H20N2O4/c1-13(6-2-3-10(14)15)11(16)12-9-4-7-17-8-5-9/h9H,2-8H2,1H3,(H,12,16)(H,14,15). The van der Waals surface area contributed by atoms with Crippen molar-refractivity contribution in [2.75, 3.05) is 26.8 Å². The molecule has 1 aliphatic heterocycles. The van der Waals surface area contributed by atoms with Crippen molar-refractivity contribution in [2.45, 2.75) is 31.7 Å². The zero-order valence-corrected chi connectivity index (χ0v) is 10.1. The lowest BCUT2D eigenvalue weighted by Crippen LogP contribution is -2.45. The van der Waals surface area contributed by atoms with Crippen molar-refractivity contribution < 1.29 is 19.4 Å². The minimum atomic E-state index is -0.830. The van der Waals surface area contributed by atoms with Crippen molar-refractivity contribution in [3.63, 3.8) is 0 Å². The Morgan fingerprint density at radius 1 is 1.41 bits per heavy atom. The first-order valence-electron chi connectivity index (χ1n) is 5.90. The van der Waals surface area contributed by atoms with Crippen LogP contribution in [0.4, 0.5) is 4.79 Å². The van der Waals surface area contributed by atoms with E-state index >= 15 is 0 Å². The van der Waals surface area contributed by atoms with Crippen LogP contribution in [0, 0.1) is 0 Å². The summed E-state index contributed by atoms with van der Waals surface area (Å²) in [5.41, 5.74) is 0. The van der Waals surface area contributed by atoms with Gasteiger partial charge in [-0.3, -0.25) is 4.79 Å². The molecule has 2 N–H and O–H groups in total. The molecule has 6 heteroatoms. The topological polar surface area (TPSA) is 78.9 Å². The molecule has 1 heterocycles. The number of ether oxygens (including phenoxy) is 1. The van der Waals surface area contributed by atoms with E-state index in [-0.39, 0.29) is 18.5 Å². The summed E-state index contributed by atoms with van der Waals surface area (Å²) < 4.78 is 5.20. The number of carboxylic acids is 1. The van der Waals surface area contributed by atoms with Crippen molar-refractivity contribution >= 4 is 12.0 Å². The Balaban J connectivity index is 2.18. The summed E-state index contributed by atoms with van der Waals surface area (Å²) >= 11 is 0. The average Bonchev–Trinajstić information content (AvgIpc) is 2.29. The number of carboxylic acid groups (broad SMARTS) is 1. The quantitative estimate of drug-likeness (QED) is 0.745. The molecule has 0 saturated carbocycles. The third-order valence-corrected chi connectivity index (χ3v) is 2.78. The third kappa shape index (κ3) is 5.53. The number of hydrogen-bond acceptors (Lipinski definition) is 3. The monoisotopic (exact) mass is 244 g/mol. The number of rotatable bonds is 5. The molecule has 1 rings (SSSR count). The van der Waals surface area contributed by atoms with Gasteiger partial charge in [0.25, 0.3) is 0 Å². The second kappa shape index (κ2) is 7.11. The maximum atomic E-state index is 11.7. The minimum absolute atomic E-state index is 0.0922. The molecule has 0 aliphatic carbocycles. The van der Waals surface area contributed by atoms with E-state index < -0.39 is 5.97 Å². The van der Waals surface area contributed by atoms with Crippen molar-refractivity contribution in [2.24, 2.45) is 0 Å². The second-order valence-electron chi connectivity index (χ2n) is 4.25. The SMILES string of the molecule is CN(CCCC(=O)O)C(=O)NC1CCOCC1. The molecule has 17 heavy (non-hydrogen) atoms. The van der Waals surface area contributed by atoms with Crippen LogP contribution in [0.25, 0.3) is 0 Å². The summed E-state index contributed by atoms with van der Waals surface area (Å²) in [5, 5.41) is 11.4. The fourth-order valence-electron chi connectivity index (χ4n) is 1.70. The van der Waals surface area contributed by atoms with Gasteiger partial charge in [-0.1, -0.05) is 0 Å². The van der Waals surface area contributed by atoms with Gasteiger partial charge in [-0.15, -0.1) is 0 Å². The normalized spacial score (nSPS) is 16.5. The molecule has 0 aromatic heterocycles. The van der Waals surface area contributed by atoms with Crippen LogP contribution in [0.3, 0.4) is 0 Å². The second-order valence-corrected chi connectivity index (χ2v) is 4.25. The van der Waals surface area contributed by atoms with Gasteiger partial charge < -0.3 is 20.1 Å². The van der Waals surface area contributed by atoms with E-state index in [0.29, 0.717) is 26.2 Å². The first-order chi connectivity index (χ1) is 8.09. The maximum absolute atomic E-state index is 11.7. The van der Waals surface area contributed by atoms with E-state index in [2.05, 4.69) is 5.32 Å². The van der Waals surface area contributed by atoms with E-state index in [1.807, 2.05) is 0 Å². The summed E-state index contributed by atoms with van der Waals surface area (Å²) in [6, 6.07) is 0.0421. The largest absolute Gasteiger partial charge is 0.481 e. The van der Waals surface area contributed by atoms with Crippen molar-refractivity contribution in [1.82, 2.24) is 10.2 Å². The van der Waals surface area contributed by atoms with E-state index in [1.54, 1.807) is 7.05 Å². The molecule has 6 nitrogen and oxygen atoms in total. The van der Waals surface area contributed by atoms with Gasteiger partial charge in [-0.2, -0.15) is 0 Å². The number of nitrogens with one attached hydrogen (secondary N) is 1. The maximum Gasteiger partial charge on any atom is 0.317 e. The number of carbonyl (C=O) groups is 2. The fraction of sp³-hybridized carbons (Fsp3) is 0.818. The van der Waals surface area contributed by atoms with Crippen molar-refractivity contribution in [3.8, 4) is 0 Å². The lowest BCUT2D eigenvalue weighted by molar-refractivity contribution is -0.137. The van der Waals surface area contributed by atoms with Crippen molar-refractivity contribution in [1.29, 1.82) is 0 Å². The van der Waals surface area contributed by atoms with E-state index in [1.165, 1.54) is 4.90 Å². The van der Waals surface area contributed by atoms with Gasteiger partial charge in [0.15, 0.2) is 0 Å². The number of urea groups is 1. The molecule has 0 unspecified atom stereocenters. The number of hydrogen-bond donors (Lipinski definition) is 2.